The van der Waals surface area contributed by atoms with Gasteiger partial charge in [-0.3, -0.25) is 4.99 Å². The summed E-state index contributed by atoms with van der Waals surface area (Å²) in [5.41, 5.74) is 3.00. The van der Waals surface area contributed by atoms with Crippen LogP contribution >= 0.6 is 24.0 Å². The van der Waals surface area contributed by atoms with Crippen LogP contribution < -0.4 is 14.9 Å². The molecule has 0 atom stereocenters. The maximum absolute atomic E-state index is 12.4. The van der Waals surface area contributed by atoms with E-state index >= 15 is 0 Å². The van der Waals surface area contributed by atoms with Crippen LogP contribution in [-0.4, -0.2) is 58.5 Å². The van der Waals surface area contributed by atoms with Gasteiger partial charge in [0.1, 0.15) is 0 Å². The summed E-state index contributed by atoms with van der Waals surface area (Å²) in [6.45, 7) is 7.80. The number of nitrogens with zero attached hydrogens (tertiary/aromatic N) is 3. The van der Waals surface area contributed by atoms with Crippen molar-refractivity contribution in [3.63, 3.8) is 0 Å². The molecule has 1 heterocycles. The molecule has 1 aliphatic rings. The molecule has 1 aliphatic heterocycles. The molecular weight excluding hydrogens is 537 g/mol. The van der Waals surface area contributed by atoms with Gasteiger partial charge in [-0.1, -0.05) is 42.5 Å². The highest BCUT2D eigenvalue weighted by Crippen LogP contribution is 2.16. The van der Waals surface area contributed by atoms with Gasteiger partial charge >= 0.3 is 0 Å². The van der Waals surface area contributed by atoms with Crippen LogP contribution in [0, 0.1) is 0 Å². The molecular formula is C23H34IN5O2S. The Bertz CT molecular complexity index is 975. The molecule has 2 aromatic carbocycles. The van der Waals surface area contributed by atoms with Crippen molar-refractivity contribution >= 4 is 45.6 Å². The summed E-state index contributed by atoms with van der Waals surface area (Å²) in [5, 5.41) is 3.42. The van der Waals surface area contributed by atoms with E-state index in [1.54, 1.807) is 7.05 Å². The van der Waals surface area contributed by atoms with E-state index in [1.165, 1.54) is 5.69 Å². The van der Waals surface area contributed by atoms with Crippen molar-refractivity contribution in [3.05, 3.63) is 65.7 Å². The lowest BCUT2D eigenvalue weighted by atomic mass is 10.1. The third-order valence-electron chi connectivity index (χ3n) is 5.23. The molecule has 7 nitrogen and oxygen atoms in total. The number of aliphatic imine (C=N–C) groups is 1. The molecule has 1 saturated heterocycles. The average Bonchev–Trinajstić information content (AvgIpc) is 2.75. The largest absolute Gasteiger partial charge is 0.368 e. The van der Waals surface area contributed by atoms with Crippen LogP contribution in [0.4, 0.5) is 5.69 Å². The quantitative estimate of drug-likeness (QED) is 0.304. The lowest BCUT2D eigenvalue weighted by Gasteiger charge is -2.37. The highest BCUT2D eigenvalue weighted by Gasteiger charge is 2.20. The number of rotatable bonds is 7. The zero-order chi connectivity index (χ0) is 22.3. The van der Waals surface area contributed by atoms with Crippen molar-refractivity contribution in [2.75, 3.05) is 38.1 Å². The van der Waals surface area contributed by atoms with Crippen LogP contribution in [0.2, 0.25) is 0 Å². The Morgan fingerprint density at radius 2 is 1.56 bits per heavy atom. The van der Waals surface area contributed by atoms with Gasteiger partial charge in [0.2, 0.25) is 10.0 Å². The molecule has 2 N–H and O–H groups in total. The van der Waals surface area contributed by atoms with Crippen molar-refractivity contribution in [2.24, 2.45) is 4.99 Å². The monoisotopic (exact) mass is 571 g/mol. The first-order valence-electron chi connectivity index (χ1n) is 10.7. The Morgan fingerprint density at radius 3 is 2.16 bits per heavy atom. The first-order chi connectivity index (χ1) is 14.9. The molecule has 0 amide bonds. The fourth-order valence-corrected chi connectivity index (χ4v) is 5.29. The van der Waals surface area contributed by atoms with Crippen molar-refractivity contribution in [2.45, 2.75) is 32.2 Å². The second-order valence-corrected chi connectivity index (χ2v) is 9.76. The third-order valence-corrected chi connectivity index (χ3v) is 6.75. The van der Waals surface area contributed by atoms with Gasteiger partial charge in [-0.05, 0) is 37.1 Å². The Labute approximate surface area is 209 Å². The summed E-state index contributed by atoms with van der Waals surface area (Å²) in [7, 11) is -1.59. The molecule has 0 spiro atoms. The van der Waals surface area contributed by atoms with E-state index in [2.05, 4.69) is 49.1 Å². The Kier molecular flexibility index (Phi) is 10.2. The van der Waals surface area contributed by atoms with E-state index in [1.807, 2.05) is 44.2 Å². The van der Waals surface area contributed by atoms with E-state index in [4.69, 9.17) is 0 Å². The minimum Gasteiger partial charge on any atom is -0.368 e. The summed E-state index contributed by atoms with van der Waals surface area (Å²) in [4.78, 5) is 9.08. The maximum atomic E-state index is 12.4. The number of nitrogens with one attached hydrogen (secondary N) is 2. The number of anilines is 1. The molecule has 0 radical (unpaired) electrons. The normalized spacial score (nSPS) is 14.9. The fourth-order valence-electron chi connectivity index (χ4n) is 3.80. The van der Waals surface area contributed by atoms with E-state index in [9.17, 15) is 8.42 Å². The van der Waals surface area contributed by atoms with Gasteiger partial charge in [0, 0.05) is 51.5 Å². The molecule has 0 saturated carbocycles. The highest BCUT2D eigenvalue weighted by atomic mass is 127. The molecule has 0 bridgehead atoms. The molecule has 32 heavy (non-hydrogen) atoms. The van der Waals surface area contributed by atoms with Gasteiger partial charge in [-0.25, -0.2) is 13.1 Å². The minimum atomic E-state index is -3.38. The van der Waals surface area contributed by atoms with E-state index in [0.29, 0.717) is 6.54 Å². The fraction of sp³-hybridized carbons (Fsp3) is 0.435. The molecule has 0 aromatic heterocycles. The molecule has 9 heteroatoms. The second-order valence-electron chi connectivity index (χ2n) is 8.01. The number of piperazine rings is 1. The Hall–Kier alpha value is -1.85. The van der Waals surface area contributed by atoms with Crippen molar-refractivity contribution < 1.29 is 8.42 Å². The number of para-hydroxylation sites is 1. The molecule has 0 unspecified atom stereocenters. The van der Waals surface area contributed by atoms with E-state index in [-0.39, 0.29) is 35.8 Å². The van der Waals surface area contributed by atoms with Crippen LogP contribution in [0.5, 0.6) is 0 Å². The number of halogens is 1. The summed E-state index contributed by atoms with van der Waals surface area (Å²) in [5.74, 6) is 0.808. The van der Waals surface area contributed by atoms with E-state index < -0.39 is 10.0 Å². The van der Waals surface area contributed by atoms with Gasteiger partial charge in [0.25, 0.3) is 0 Å². The van der Waals surface area contributed by atoms with Crippen LogP contribution in [0.25, 0.3) is 0 Å². The van der Waals surface area contributed by atoms with Gasteiger partial charge in [0.15, 0.2) is 5.96 Å². The van der Waals surface area contributed by atoms with Gasteiger partial charge < -0.3 is 15.1 Å². The lowest BCUT2D eigenvalue weighted by Crippen LogP contribution is -2.52. The number of benzene rings is 2. The molecule has 1 fully saturated rings. The Balaban J connectivity index is 0.00000363. The highest BCUT2D eigenvalue weighted by molar-refractivity contribution is 14.0. The van der Waals surface area contributed by atoms with Crippen LogP contribution in [-0.2, 0) is 22.3 Å². The number of hydrogen-bond acceptors (Lipinski definition) is 4. The predicted molar refractivity (Wildman–Crippen MR) is 143 cm³/mol. The number of guanidine groups is 1. The van der Waals surface area contributed by atoms with Crippen molar-refractivity contribution in [1.29, 1.82) is 0 Å². The molecule has 176 valence electrons. The smallest absolute Gasteiger partial charge is 0.216 e. The topological polar surface area (TPSA) is 77.0 Å². The first-order valence-corrected chi connectivity index (χ1v) is 12.4. The summed E-state index contributed by atoms with van der Waals surface area (Å²) in [6.07, 6.45) is 0. The summed E-state index contributed by atoms with van der Waals surface area (Å²) in [6, 6.07) is 18.0. The van der Waals surface area contributed by atoms with E-state index in [0.717, 1.165) is 43.3 Å². The standard InChI is InChI=1S/C23H33N5O2S.HI/c1-19(2)26-31(29,30)18-21-10-8-7-9-20(21)17-25-23(24-3)28-15-13-27(14-16-28)22-11-5-4-6-12-22;/h4-12,19,26H,13-18H2,1-3H3,(H,24,25);1H. The van der Waals surface area contributed by atoms with Gasteiger partial charge in [-0.15, -0.1) is 24.0 Å². The molecule has 0 aliphatic carbocycles. The SMILES string of the molecule is CN=C(NCc1ccccc1CS(=O)(=O)NC(C)C)N1CCN(c2ccccc2)CC1.I. The zero-order valence-corrected chi connectivity index (χ0v) is 22.1. The second kappa shape index (κ2) is 12.4. The summed E-state index contributed by atoms with van der Waals surface area (Å²) < 4.78 is 27.4. The number of hydrogen-bond donors (Lipinski definition) is 2. The maximum Gasteiger partial charge on any atom is 0.216 e. The van der Waals surface area contributed by atoms with Gasteiger partial charge in [0.05, 0.1) is 5.75 Å². The third kappa shape index (κ3) is 7.63. The average molecular weight is 572 g/mol. The minimum absolute atomic E-state index is 0. The molecule has 2 aromatic rings. The number of sulfonamides is 1. The van der Waals surface area contributed by atoms with Crippen molar-refractivity contribution in [1.82, 2.24) is 14.9 Å². The molecule has 3 rings (SSSR count). The zero-order valence-electron chi connectivity index (χ0n) is 19.0. The summed E-state index contributed by atoms with van der Waals surface area (Å²) >= 11 is 0. The predicted octanol–water partition coefficient (Wildman–Crippen LogP) is 3.03. The first kappa shape index (κ1) is 26.4. The van der Waals surface area contributed by atoms with Crippen LogP contribution in [0.15, 0.2) is 59.6 Å². The lowest BCUT2D eigenvalue weighted by molar-refractivity contribution is 0.372. The van der Waals surface area contributed by atoms with Gasteiger partial charge in [-0.2, -0.15) is 0 Å². The van der Waals surface area contributed by atoms with Crippen molar-refractivity contribution in [3.8, 4) is 0 Å². The van der Waals surface area contributed by atoms with Crippen LogP contribution in [0.3, 0.4) is 0 Å². The van der Waals surface area contributed by atoms with Crippen LogP contribution in [0.1, 0.15) is 25.0 Å². The Morgan fingerprint density at radius 1 is 0.969 bits per heavy atom.